The molecule has 0 aromatic heterocycles. The standard InChI is InChI=1S/C16H33NS/c1-4-10-17-13-16-9-8-14(5-2)12-15(16)7-6-11-18-3/h14-17H,4-13H2,1-3H3. The van der Waals surface area contributed by atoms with Crippen molar-refractivity contribution in [3.8, 4) is 0 Å². The minimum atomic E-state index is 0.959. The number of nitrogens with one attached hydrogen (secondary N) is 1. The van der Waals surface area contributed by atoms with Gasteiger partial charge in [-0.05, 0) is 75.0 Å². The summed E-state index contributed by atoms with van der Waals surface area (Å²) in [5, 5.41) is 3.65. The van der Waals surface area contributed by atoms with Crippen molar-refractivity contribution in [2.24, 2.45) is 17.8 Å². The molecular formula is C16H33NS. The molecule has 108 valence electrons. The molecule has 1 rings (SSSR count). The summed E-state index contributed by atoms with van der Waals surface area (Å²) in [5.74, 6) is 4.33. The van der Waals surface area contributed by atoms with Crippen molar-refractivity contribution in [3.63, 3.8) is 0 Å². The number of thioether (sulfide) groups is 1. The van der Waals surface area contributed by atoms with Gasteiger partial charge in [0.2, 0.25) is 0 Å². The van der Waals surface area contributed by atoms with E-state index >= 15 is 0 Å². The summed E-state index contributed by atoms with van der Waals surface area (Å²) in [7, 11) is 0. The summed E-state index contributed by atoms with van der Waals surface area (Å²) < 4.78 is 0. The van der Waals surface area contributed by atoms with Gasteiger partial charge in [0.25, 0.3) is 0 Å². The van der Waals surface area contributed by atoms with Crippen molar-refractivity contribution in [1.29, 1.82) is 0 Å². The van der Waals surface area contributed by atoms with Gasteiger partial charge >= 0.3 is 0 Å². The molecule has 0 amide bonds. The van der Waals surface area contributed by atoms with Crippen LogP contribution in [0, 0.1) is 17.8 Å². The zero-order chi connectivity index (χ0) is 13.2. The van der Waals surface area contributed by atoms with Gasteiger partial charge in [0, 0.05) is 0 Å². The van der Waals surface area contributed by atoms with Crippen LogP contribution in [-0.2, 0) is 0 Å². The predicted octanol–water partition coefficient (Wildman–Crippen LogP) is 4.57. The van der Waals surface area contributed by atoms with E-state index in [1.807, 2.05) is 11.8 Å². The average Bonchev–Trinajstić information content (AvgIpc) is 2.40. The van der Waals surface area contributed by atoms with Crippen molar-refractivity contribution >= 4 is 11.8 Å². The molecule has 1 aliphatic rings. The monoisotopic (exact) mass is 271 g/mol. The van der Waals surface area contributed by atoms with Crippen LogP contribution in [0.1, 0.15) is 58.8 Å². The summed E-state index contributed by atoms with van der Waals surface area (Å²) in [4.78, 5) is 0. The first-order valence-corrected chi connectivity index (χ1v) is 9.40. The first-order valence-electron chi connectivity index (χ1n) is 8.01. The lowest BCUT2D eigenvalue weighted by Gasteiger charge is -2.36. The molecule has 1 nitrogen and oxygen atoms in total. The molecule has 0 heterocycles. The van der Waals surface area contributed by atoms with E-state index in [2.05, 4.69) is 25.4 Å². The molecule has 3 unspecified atom stereocenters. The van der Waals surface area contributed by atoms with E-state index in [0.29, 0.717) is 0 Å². The first-order chi connectivity index (χ1) is 8.81. The topological polar surface area (TPSA) is 12.0 Å². The summed E-state index contributed by atoms with van der Waals surface area (Å²) >= 11 is 2.00. The van der Waals surface area contributed by atoms with Crippen molar-refractivity contribution in [2.45, 2.75) is 58.8 Å². The number of rotatable bonds is 9. The largest absolute Gasteiger partial charge is 0.316 e. The van der Waals surface area contributed by atoms with E-state index in [1.165, 1.54) is 63.8 Å². The van der Waals surface area contributed by atoms with Crippen LogP contribution in [0.5, 0.6) is 0 Å². The second-order valence-corrected chi connectivity index (χ2v) is 6.93. The molecule has 2 heteroatoms. The molecule has 18 heavy (non-hydrogen) atoms. The fourth-order valence-corrected chi connectivity index (χ4v) is 3.83. The van der Waals surface area contributed by atoms with Crippen LogP contribution in [0.3, 0.4) is 0 Å². The second-order valence-electron chi connectivity index (χ2n) is 5.95. The van der Waals surface area contributed by atoms with Gasteiger partial charge in [-0.25, -0.2) is 0 Å². The summed E-state index contributed by atoms with van der Waals surface area (Å²) in [6.45, 7) is 7.11. The molecule has 1 saturated carbocycles. The Labute approximate surface area is 119 Å². The van der Waals surface area contributed by atoms with E-state index in [0.717, 1.165) is 17.8 Å². The molecule has 1 N–H and O–H groups in total. The molecule has 0 aromatic carbocycles. The van der Waals surface area contributed by atoms with Gasteiger partial charge in [0.15, 0.2) is 0 Å². The Bertz CT molecular complexity index is 194. The molecule has 1 fully saturated rings. The number of hydrogen-bond donors (Lipinski definition) is 1. The second kappa shape index (κ2) is 10.1. The lowest BCUT2D eigenvalue weighted by Crippen LogP contribution is -2.33. The highest BCUT2D eigenvalue weighted by atomic mass is 32.2. The van der Waals surface area contributed by atoms with Crippen LogP contribution in [-0.4, -0.2) is 25.1 Å². The Balaban J connectivity index is 2.35. The highest BCUT2D eigenvalue weighted by molar-refractivity contribution is 7.98. The molecule has 0 radical (unpaired) electrons. The van der Waals surface area contributed by atoms with Gasteiger partial charge in [-0.3, -0.25) is 0 Å². The van der Waals surface area contributed by atoms with Crippen LogP contribution >= 0.6 is 11.8 Å². The molecule has 0 saturated heterocycles. The van der Waals surface area contributed by atoms with Gasteiger partial charge in [-0.15, -0.1) is 0 Å². The molecule has 0 aromatic rings. The molecule has 0 spiro atoms. The molecule has 0 aliphatic heterocycles. The van der Waals surface area contributed by atoms with E-state index in [4.69, 9.17) is 0 Å². The Hall–Kier alpha value is 0.310. The third-order valence-corrected chi connectivity index (χ3v) is 5.28. The Morgan fingerprint density at radius 2 is 2.00 bits per heavy atom. The molecular weight excluding hydrogens is 238 g/mol. The van der Waals surface area contributed by atoms with Gasteiger partial charge in [-0.2, -0.15) is 11.8 Å². The van der Waals surface area contributed by atoms with Gasteiger partial charge in [-0.1, -0.05) is 26.7 Å². The Morgan fingerprint density at radius 3 is 2.67 bits per heavy atom. The van der Waals surface area contributed by atoms with Crippen molar-refractivity contribution < 1.29 is 0 Å². The lowest BCUT2D eigenvalue weighted by molar-refractivity contribution is 0.162. The van der Waals surface area contributed by atoms with Gasteiger partial charge in [0.05, 0.1) is 0 Å². The zero-order valence-electron chi connectivity index (χ0n) is 12.7. The van der Waals surface area contributed by atoms with Crippen LogP contribution in [0.2, 0.25) is 0 Å². The maximum Gasteiger partial charge on any atom is -0.00179 e. The fourth-order valence-electron chi connectivity index (χ4n) is 3.37. The van der Waals surface area contributed by atoms with Crippen molar-refractivity contribution in [1.82, 2.24) is 5.32 Å². The van der Waals surface area contributed by atoms with Crippen LogP contribution in [0.4, 0.5) is 0 Å². The lowest BCUT2D eigenvalue weighted by atomic mass is 9.71. The molecule has 1 aliphatic carbocycles. The van der Waals surface area contributed by atoms with Gasteiger partial charge in [0.1, 0.15) is 0 Å². The highest BCUT2D eigenvalue weighted by Crippen LogP contribution is 2.37. The summed E-state index contributed by atoms with van der Waals surface area (Å²) in [5.41, 5.74) is 0. The minimum absolute atomic E-state index is 0.959. The normalized spacial score (nSPS) is 28.5. The smallest absolute Gasteiger partial charge is 0.00179 e. The third kappa shape index (κ3) is 5.97. The minimum Gasteiger partial charge on any atom is -0.316 e. The SMILES string of the molecule is CCCNCC1CCC(CC)CC1CCCSC. The van der Waals surface area contributed by atoms with Crippen molar-refractivity contribution in [3.05, 3.63) is 0 Å². The maximum atomic E-state index is 3.65. The van der Waals surface area contributed by atoms with E-state index in [-0.39, 0.29) is 0 Å². The van der Waals surface area contributed by atoms with Crippen LogP contribution in [0.15, 0.2) is 0 Å². The quantitative estimate of drug-likeness (QED) is 0.616. The highest BCUT2D eigenvalue weighted by Gasteiger charge is 2.28. The first kappa shape index (κ1) is 16.4. The average molecular weight is 272 g/mol. The number of hydrogen-bond acceptors (Lipinski definition) is 2. The van der Waals surface area contributed by atoms with Crippen molar-refractivity contribution in [2.75, 3.05) is 25.1 Å². The third-order valence-electron chi connectivity index (χ3n) is 4.58. The van der Waals surface area contributed by atoms with Gasteiger partial charge < -0.3 is 5.32 Å². The van der Waals surface area contributed by atoms with E-state index in [9.17, 15) is 0 Å². The summed E-state index contributed by atoms with van der Waals surface area (Å²) in [6.07, 6.45) is 12.2. The van der Waals surface area contributed by atoms with Crippen LogP contribution < -0.4 is 5.32 Å². The summed E-state index contributed by atoms with van der Waals surface area (Å²) in [6, 6.07) is 0. The van der Waals surface area contributed by atoms with Crippen LogP contribution in [0.25, 0.3) is 0 Å². The molecule has 0 bridgehead atoms. The predicted molar refractivity (Wildman–Crippen MR) is 85.4 cm³/mol. The zero-order valence-corrected chi connectivity index (χ0v) is 13.5. The Kier molecular flexibility index (Phi) is 9.22. The molecule has 3 atom stereocenters. The maximum absolute atomic E-state index is 3.65. The Morgan fingerprint density at radius 1 is 1.17 bits per heavy atom. The van der Waals surface area contributed by atoms with E-state index in [1.54, 1.807) is 0 Å². The van der Waals surface area contributed by atoms with E-state index < -0.39 is 0 Å². The fraction of sp³-hybridized carbons (Fsp3) is 1.00.